The smallest absolute Gasteiger partial charge is 0.232 e. The lowest BCUT2D eigenvalue weighted by Crippen LogP contribution is -2.36. The monoisotopic (exact) mass is 411 g/mol. The first-order valence-electron chi connectivity index (χ1n) is 9.33. The minimum Gasteiger partial charge on any atom is -0.342 e. The van der Waals surface area contributed by atoms with E-state index in [0.29, 0.717) is 5.75 Å². The molecule has 28 heavy (non-hydrogen) atoms. The normalized spacial score (nSPS) is 14.2. The van der Waals surface area contributed by atoms with Crippen LogP contribution >= 0.6 is 23.1 Å². The van der Waals surface area contributed by atoms with E-state index < -0.39 is 0 Å². The Balaban J connectivity index is 1.42. The van der Waals surface area contributed by atoms with Gasteiger partial charge in [0, 0.05) is 31.0 Å². The van der Waals surface area contributed by atoms with Crippen molar-refractivity contribution in [2.24, 2.45) is 0 Å². The van der Waals surface area contributed by atoms with Gasteiger partial charge in [-0.3, -0.25) is 9.78 Å². The lowest BCUT2D eigenvalue weighted by molar-refractivity contribution is -0.129. The molecule has 8 heteroatoms. The number of aryl methyl sites for hydroxylation is 1. The van der Waals surface area contributed by atoms with Crippen molar-refractivity contribution in [3.8, 4) is 21.1 Å². The Morgan fingerprint density at radius 1 is 1.18 bits per heavy atom. The number of carbonyl (C=O) groups excluding carboxylic acids is 1. The van der Waals surface area contributed by atoms with Crippen LogP contribution in [0.5, 0.6) is 0 Å². The number of pyridine rings is 1. The molecule has 0 aliphatic carbocycles. The van der Waals surface area contributed by atoms with Gasteiger partial charge in [-0.1, -0.05) is 11.8 Å². The van der Waals surface area contributed by atoms with Gasteiger partial charge in [0.1, 0.15) is 15.7 Å². The maximum Gasteiger partial charge on any atom is 0.232 e. The number of amides is 1. The van der Waals surface area contributed by atoms with Gasteiger partial charge < -0.3 is 4.90 Å². The summed E-state index contributed by atoms with van der Waals surface area (Å²) in [6, 6.07) is 7.79. The molecule has 1 fully saturated rings. The Morgan fingerprint density at radius 2 is 2.04 bits per heavy atom. The van der Waals surface area contributed by atoms with Crippen LogP contribution in [0.15, 0.2) is 41.7 Å². The molecule has 0 bridgehead atoms. The number of rotatable bonds is 5. The van der Waals surface area contributed by atoms with Crippen LogP contribution in [0.3, 0.4) is 0 Å². The highest BCUT2D eigenvalue weighted by Gasteiger charge is 2.17. The first kappa shape index (κ1) is 19.0. The van der Waals surface area contributed by atoms with Crippen LogP contribution < -0.4 is 0 Å². The molecule has 0 unspecified atom stereocenters. The van der Waals surface area contributed by atoms with Gasteiger partial charge in [0.2, 0.25) is 5.91 Å². The zero-order valence-corrected chi connectivity index (χ0v) is 17.3. The van der Waals surface area contributed by atoms with Crippen LogP contribution in [0.1, 0.15) is 25.0 Å². The van der Waals surface area contributed by atoms with Gasteiger partial charge in [-0.15, -0.1) is 21.5 Å². The number of aromatic nitrogens is 4. The molecule has 1 amide bonds. The van der Waals surface area contributed by atoms with E-state index in [1.807, 2.05) is 42.3 Å². The van der Waals surface area contributed by atoms with Gasteiger partial charge in [-0.2, -0.15) is 0 Å². The minimum atomic E-state index is 0.190. The van der Waals surface area contributed by atoms with E-state index in [4.69, 9.17) is 0 Å². The second-order valence-corrected chi connectivity index (χ2v) is 8.66. The lowest BCUT2D eigenvalue weighted by atomic mass is 10.1. The molecule has 1 aliphatic rings. The topological polar surface area (TPSA) is 71.9 Å². The maximum atomic E-state index is 12.3. The van der Waals surface area contributed by atoms with Crippen molar-refractivity contribution in [2.75, 3.05) is 18.8 Å². The molecule has 3 aromatic heterocycles. The molecule has 0 aromatic carbocycles. The first-order chi connectivity index (χ1) is 13.7. The van der Waals surface area contributed by atoms with E-state index in [2.05, 4.69) is 20.2 Å². The van der Waals surface area contributed by atoms with Crippen molar-refractivity contribution >= 4 is 29.0 Å². The summed E-state index contributed by atoms with van der Waals surface area (Å²) >= 11 is 3.03. The quantitative estimate of drug-likeness (QED) is 0.589. The van der Waals surface area contributed by atoms with Crippen molar-refractivity contribution in [1.29, 1.82) is 0 Å². The average Bonchev–Trinajstić information content (AvgIpc) is 3.15. The average molecular weight is 412 g/mol. The van der Waals surface area contributed by atoms with Gasteiger partial charge in [0.25, 0.3) is 0 Å². The number of likely N-dealkylation sites (tertiary alicyclic amines) is 1. The molecule has 0 atom stereocenters. The van der Waals surface area contributed by atoms with Gasteiger partial charge in [-0.25, -0.2) is 4.98 Å². The number of hydrogen-bond acceptors (Lipinski definition) is 7. The highest BCUT2D eigenvalue weighted by Crippen LogP contribution is 2.34. The highest BCUT2D eigenvalue weighted by atomic mass is 32.2. The summed E-state index contributed by atoms with van der Waals surface area (Å²) in [6.45, 7) is 3.75. The highest BCUT2D eigenvalue weighted by molar-refractivity contribution is 7.99. The number of thiazole rings is 1. The van der Waals surface area contributed by atoms with Crippen molar-refractivity contribution < 1.29 is 4.79 Å². The van der Waals surface area contributed by atoms with Gasteiger partial charge in [0.15, 0.2) is 0 Å². The molecule has 0 saturated carbocycles. The molecule has 1 saturated heterocycles. The van der Waals surface area contributed by atoms with Crippen molar-refractivity contribution in [1.82, 2.24) is 25.1 Å². The molecule has 0 spiro atoms. The van der Waals surface area contributed by atoms with Crippen LogP contribution in [0.25, 0.3) is 21.1 Å². The molecule has 0 N–H and O–H groups in total. The van der Waals surface area contributed by atoms with E-state index in [1.165, 1.54) is 18.2 Å². The maximum absolute atomic E-state index is 12.3. The van der Waals surface area contributed by atoms with Crippen LogP contribution in [-0.4, -0.2) is 49.8 Å². The molecule has 3 aromatic rings. The fourth-order valence-corrected chi connectivity index (χ4v) is 4.87. The Kier molecular flexibility index (Phi) is 5.97. The predicted octanol–water partition coefficient (Wildman–Crippen LogP) is 4.08. The van der Waals surface area contributed by atoms with Crippen LogP contribution in [0, 0.1) is 6.92 Å². The van der Waals surface area contributed by atoms with Crippen LogP contribution in [0.4, 0.5) is 0 Å². The standard InChI is InChI=1S/C20H21N5OS2/c1-14-19(28-20(22-14)15-6-5-9-21-12-15)16-7-8-17(24-23-16)27-13-18(26)25-10-3-2-4-11-25/h5-9,12H,2-4,10-11,13H2,1H3. The summed E-state index contributed by atoms with van der Waals surface area (Å²) in [5, 5.41) is 10.4. The van der Waals surface area contributed by atoms with Crippen molar-refractivity contribution in [3.05, 3.63) is 42.4 Å². The van der Waals surface area contributed by atoms with E-state index in [-0.39, 0.29) is 5.91 Å². The zero-order chi connectivity index (χ0) is 19.3. The molecular weight excluding hydrogens is 390 g/mol. The van der Waals surface area contributed by atoms with Gasteiger partial charge >= 0.3 is 0 Å². The molecule has 6 nitrogen and oxygen atoms in total. The Bertz CT molecular complexity index is 937. The van der Waals surface area contributed by atoms with E-state index in [0.717, 1.165) is 57.8 Å². The number of carbonyl (C=O) groups is 1. The minimum absolute atomic E-state index is 0.190. The van der Waals surface area contributed by atoms with Gasteiger partial charge in [0.05, 0.1) is 16.3 Å². The molecule has 0 radical (unpaired) electrons. The summed E-state index contributed by atoms with van der Waals surface area (Å²) < 4.78 is 0. The van der Waals surface area contributed by atoms with Crippen LogP contribution in [-0.2, 0) is 4.79 Å². The molecular formula is C20H21N5OS2. The summed E-state index contributed by atoms with van der Waals surface area (Å²) in [4.78, 5) is 24.1. The zero-order valence-electron chi connectivity index (χ0n) is 15.7. The van der Waals surface area contributed by atoms with E-state index in [1.54, 1.807) is 17.5 Å². The summed E-state index contributed by atoms with van der Waals surface area (Å²) in [7, 11) is 0. The molecule has 1 aliphatic heterocycles. The third kappa shape index (κ3) is 4.39. The third-order valence-electron chi connectivity index (χ3n) is 4.63. The van der Waals surface area contributed by atoms with Crippen molar-refractivity contribution in [2.45, 2.75) is 31.2 Å². The van der Waals surface area contributed by atoms with E-state index >= 15 is 0 Å². The summed E-state index contributed by atoms with van der Waals surface area (Å²) in [5.41, 5.74) is 2.73. The Morgan fingerprint density at radius 3 is 2.75 bits per heavy atom. The number of hydrogen-bond donors (Lipinski definition) is 0. The Hall–Kier alpha value is -2.32. The number of thioether (sulfide) groups is 1. The molecule has 4 heterocycles. The number of nitrogens with zero attached hydrogens (tertiary/aromatic N) is 5. The van der Waals surface area contributed by atoms with E-state index in [9.17, 15) is 4.79 Å². The predicted molar refractivity (Wildman–Crippen MR) is 112 cm³/mol. The summed E-state index contributed by atoms with van der Waals surface area (Å²) in [5.74, 6) is 0.605. The third-order valence-corrected chi connectivity index (χ3v) is 6.76. The summed E-state index contributed by atoms with van der Waals surface area (Å²) in [6.07, 6.45) is 7.01. The second kappa shape index (κ2) is 8.79. The van der Waals surface area contributed by atoms with Gasteiger partial charge in [-0.05, 0) is 50.5 Å². The SMILES string of the molecule is Cc1nc(-c2cccnc2)sc1-c1ccc(SCC(=O)N2CCCCC2)nn1. The molecule has 4 rings (SSSR count). The lowest BCUT2D eigenvalue weighted by Gasteiger charge is -2.26. The first-order valence-corrected chi connectivity index (χ1v) is 11.1. The van der Waals surface area contributed by atoms with Crippen molar-refractivity contribution in [3.63, 3.8) is 0 Å². The molecule has 144 valence electrons. The Labute approximate surface area is 172 Å². The second-order valence-electron chi connectivity index (χ2n) is 6.66. The largest absolute Gasteiger partial charge is 0.342 e. The fourth-order valence-electron chi connectivity index (χ4n) is 3.14. The van der Waals surface area contributed by atoms with Crippen LogP contribution in [0.2, 0.25) is 0 Å². The fraction of sp³-hybridized carbons (Fsp3) is 0.350. The number of piperidine rings is 1.